The summed E-state index contributed by atoms with van der Waals surface area (Å²) in [6.07, 6.45) is 8.24. The van der Waals surface area contributed by atoms with Crippen LogP contribution in [0.4, 0.5) is 20.7 Å². The number of amides is 3. The van der Waals surface area contributed by atoms with E-state index in [0.29, 0.717) is 23.4 Å². The molecule has 1 N–H and O–H groups in total. The third kappa shape index (κ3) is 6.21. The maximum absolute atomic E-state index is 14.8. The Labute approximate surface area is 203 Å². The van der Waals surface area contributed by atoms with Crippen molar-refractivity contribution >= 4 is 29.7 Å². The zero-order valence-electron chi connectivity index (χ0n) is 19.5. The van der Waals surface area contributed by atoms with E-state index in [2.05, 4.69) is 21.3 Å². The molecule has 0 fully saturated rings. The van der Waals surface area contributed by atoms with Gasteiger partial charge in [-0.2, -0.15) is 5.10 Å². The first-order chi connectivity index (χ1) is 16.9. The van der Waals surface area contributed by atoms with Gasteiger partial charge in [0.2, 0.25) is 0 Å². The van der Waals surface area contributed by atoms with Gasteiger partial charge in [0.25, 0.3) is 5.91 Å². The van der Waals surface area contributed by atoms with Crippen LogP contribution in [-0.2, 0) is 0 Å². The fourth-order valence-corrected chi connectivity index (χ4v) is 2.92. The Balaban J connectivity index is 1.92. The number of rotatable bonds is 7. The van der Waals surface area contributed by atoms with Crippen molar-refractivity contribution in [1.29, 1.82) is 0 Å². The number of terminal acetylenes is 1. The lowest BCUT2D eigenvalue weighted by Crippen LogP contribution is -2.41. The van der Waals surface area contributed by atoms with E-state index in [9.17, 15) is 14.0 Å². The van der Waals surface area contributed by atoms with Crippen LogP contribution in [-0.4, -0.2) is 48.8 Å². The molecule has 0 bridgehead atoms. The highest BCUT2D eigenvalue weighted by Crippen LogP contribution is 2.22. The lowest BCUT2D eigenvalue weighted by molar-refractivity contribution is 0.0994. The van der Waals surface area contributed by atoms with Gasteiger partial charge >= 0.3 is 6.03 Å². The third-order valence-corrected chi connectivity index (χ3v) is 4.96. The lowest BCUT2D eigenvalue weighted by Gasteiger charge is -2.21. The highest BCUT2D eigenvalue weighted by molar-refractivity contribution is 6.23. The van der Waals surface area contributed by atoms with E-state index in [0.717, 1.165) is 4.90 Å². The molecule has 2 aromatic carbocycles. The number of pyridine rings is 1. The van der Waals surface area contributed by atoms with Gasteiger partial charge in [-0.3, -0.25) is 4.79 Å². The second kappa shape index (κ2) is 11.4. The largest absolute Gasteiger partial charge is 0.497 e. The minimum Gasteiger partial charge on any atom is -0.497 e. The quantitative estimate of drug-likeness (QED) is 0.313. The minimum atomic E-state index is -0.898. The molecule has 0 spiro atoms. The van der Waals surface area contributed by atoms with Crippen LogP contribution in [0.1, 0.15) is 28.4 Å². The molecule has 1 aromatic heterocycles. The van der Waals surface area contributed by atoms with Crippen LogP contribution in [0.15, 0.2) is 65.9 Å². The number of carbonyl (C=O) groups excluding carboxylic acids is 2. The summed E-state index contributed by atoms with van der Waals surface area (Å²) in [5.41, 5.74) is 1.05. The van der Waals surface area contributed by atoms with Crippen LogP contribution < -0.4 is 15.0 Å². The number of hydrogen-bond acceptors (Lipinski definition) is 6. The van der Waals surface area contributed by atoms with Gasteiger partial charge in [0.15, 0.2) is 0 Å². The topological polar surface area (TPSA) is 87.1 Å². The number of carbonyl (C=O) groups is 2. The molecule has 0 radical (unpaired) electrons. The smallest absolute Gasteiger partial charge is 0.334 e. The van der Waals surface area contributed by atoms with E-state index in [1.54, 1.807) is 36.3 Å². The van der Waals surface area contributed by atoms with Crippen molar-refractivity contribution in [3.8, 4) is 18.1 Å². The third-order valence-electron chi connectivity index (χ3n) is 4.96. The summed E-state index contributed by atoms with van der Waals surface area (Å²) in [6, 6.07) is 12.6. The van der Waals surface area contributed by atoms with Gasteiger partial charge in [0.05, 0.1) is 19.0 Å². The van der Waals surface area contributed by atoms with E-state index >= 15 is 0 Å². The van der Waals surface area contributed by atoms with E-state index in [1.807, 2.05) is 6.92 Å². The van der Waals surface area contributed by atoms with Crippen molar-refractivity contribution in [2.24, 2.45) is 5.10 Å². The van der Waals surface area contributed by atoms with Gasteiger partial charge in [0.1, 0.15) is 17.4 Å². The molecule has 0 aliphatic carbocycles. The summed E-state index contributed by atoms with van der Waals surface area (Å²) < 4.78 is 19.9. The molecular formula is C26H24FN5O3. The van der Waals surface area contributed by atoms with Gasteiger partial charge in [-0.25, -0.2) is 19.1 Å². The molecule has 0 saturated carbocycles. The van der Waals surface area contributed by atoms with Crippen molar-refractivity contribution in [1.82, 2.24) is 9.99 Å². The van der Waals surface area contributed by atoms with Crippen LogP contribution in [0.5, 0.6) is 5.75 Å². The van der Waals surface area contributed by atoms with Crippen LogP contribution in [0.2, 0.25) is 0 Å². The number of nitrogens with zero attached hydrogens (tertiary/aromatic N) is 4. The van der Waals surface area contributed by atoms with Gasteiger partial charge < -0.3 is 15.1 Å². The number of ether oxygens (including phenoxy) is 1. The molecule has 0 unspecified atom stereocenters. The zero-order chi connectivity index (χ0) is 25.4. The number of halogens is 1. The van der Waals surface area contributed by atoms with Gasteiger partial charge in [-0.15, -0.1) is 6.42 Å². The summed E-state index contributed by atoms with van der Waals surface area (Å²) in [5, 5.41) is 8.30. The molecule has 0 saturated heterocycles. The van der Waals surface area contributed by atoms with Gasteiger partial charge in [-0.1, -0.05) is 18.1 Å². The molecule has 3 rings (SSSR count). The fourth-order valence-electron chi connectivity index (χ4n) is 2.92. The lowest BCUT2D eigenvalue weighted by atomic mass is 10.2. The normalized spacial score (nSPS) is 10.5. The molecule has 1 heterocycles. The SMILES string of the molecule is C#Cc1ccc(N(C(=O)Nc2ccc(C=NN(C)CC)cc2F)C(=O)c2cccc(OC)c2)nc1. The first kappa shape index (κ1) is 24.9. The molecule has 3 amide bonds. The number of hydrogen-bond donors (Lipinski definition) is 1. The molecule has 0 aliphatic heterocycles. The second-order valence-corrected chi connectivity index (χ2v) is 7.31. The molecule has 3 aromatic rings. The van der Waals surface area contributed by atoms with E-state index < -0.39 is 17.8 Å². The van der Waals surface area contributed by atoms with E-state index in [4.69, 9.17) is 11.2 Å². The number of methoxy groups -OCH3 is 1. The number of nitrogens with one attached hydrogen (secondary N) is 1. The summed E-state index contributed by atoms with van der Waals surface area (Å²) in [7, 11) is 3.26. The Kier molecular flexibility index (Phi) is 8.14. The number of urea groups is 1. The Morgan fingerprint density at radius 2 is 2.03 bits per heavy atom. The Hall–Kier alpha value is -4.71. The van der Waals surface area contributed by atoms with Gasteiger partial charge in [-0.05, 0) is 55.0 Å². The standard InChI is InChI=1S/C26H24FN5O3/c1-5-18-11-13-24(28-16-18)32(25(33)20-8-7-9-21(15-20)35-4)26(34)30-23-12-10-19(14-22(23)27)17-29-31(3)6-2/h1,7-17H,6H2,2-4H3,(H,30,34). The molecule has 178 valence electrons. The van der Waals surface area contributed by atoms with E-state index in [1.165, 1.54) is 49.9 Å². The summed E-state index contributed by atoms with van der Waals surface area (Å²) in [5.74, 6) is 1.50. The van der Waals surface area contributed by atoms with Crippen molar-refractivity contribution in [2.45, 2.75) is 6.92 Å². The number of benzene rings is 2. The van der Waals surface area contributed by atoms with Crippen LogP contribution in [0, 0.1) is 18.2 Å². The number of imide groups is 1. The Morgan fingerprint density at radius 3 is 2.66 bits per heavy atom. The monoisotopic (exact) mass is 473 g/mol. The van der Waals surface area contributed by atoms with Gasteiger partial charge in [0, 0.05) is 30.9 Å². The van der Waals surface area contributed by atoms with Crippen molar-refractivity contribution < 1.29 is 18.7 Å². The zero-order valence-corrected chi connectivity index (χ0v) is 19.5. The first-order valence-electron chi connectivity index (χ1n) is 10.6. The van der Waals surface area contributed by atoms with Crippen molar-refractivity contribution in [3.63, 3.8) is 0 Å². The van der Waals surface area contributed by atoms with Crippen molar-refractivity contribution in [2.75, 3.05) is 30.9 Å². The number of anilines is 2. The van der Waals surface area contributed by atoms with E-state index in [-0.39, 0.29) is 17.1 Å². The van der Waals surface area contributed by atoms with Crippen LogP contribution in [0.25, 0.3) is 0 Å². The molecule has 35 heavy (non-hydrogen) atoms. The van der Waals surface area contributed by atoms with Crippen LogP contribution in [0.3, 0.4) is 0 Å². The minimum absolute atomic E-state index is 0.0149. The summed E-state index contributed by atoms with van der Waals surface area (Å²) >= 11 is 0. The molecule has 0 aliphatic rings. The second-order valence-electron chi connectivity index (χ2n) is 7.31. The average molecular weight is 474 g/mol. The number of hydrazone groups is 1. The average Bonchev–Trinajstić information content (AvgIpc) is 2.89. The van der Waals surface area contributed by atoms with Crippen LogP contribution >= 0.6 is 0 Å². The predicted molar refractivity (Wildman–Crippen MR) is 133 cm³/mol. The molecule has 9 heteroatoms. The maximum Gasteiger partial charge on any atom is 0.334 e. The highest BCUT2D eigenvalue weighted by atomic mass is 19.1. The molecular weight excluding hydrogens is 449 g/mol. The summed E-state index contributed by atoms with van der Waals surface area (Å²) in [4.78, 5) is 31.5. The Bertz CT molecular complexity index is 1280. The molecule has 0 atom stereocenters. The first-order valence-corrected chi connectivity index (χ1v) is 10.6. The number of aromatic nitrogens is 1. The maximum atomic E-state index is 14.8. The fraction of sp³-hybridized carbons (Fsp3) is 0.154. The van der Waals surface area contributed by atoms with Crippen molar-refractivity contribution in [3.05, 3.63) is 83.3 Å². The molecule has 8 nitrogen and oxygen atoms in total. The highest BCUT2D eigenvalue weighted by Gasteiger charge is 2.27. The Morgan fingerprint density at radius 1 is 1.23 bits per heavy atom. The predicted octanol–water partition coefficient (Wildman–Crippen LogP) is 4.38. The summed E-state index contributed by atoms with van der Waals surface area (Å²) in [6.45, 7) is 2.63.